The summed E-state index contributed by atoms with van der Waals surface area (Å²) in [5, 5.41) is 2.87. The Morgan fingerprint density at radius 2 is 1.85 bits per heavy atom. The Balaban J connectivity index is 2.27. The summed E-state index contributed by atoms with van der Waals surface area (Å²) in [7, 11) is 1.46. The molecule has 144 valence electrons. The van der Waals surface area contributed by atoms with Crippen molar-refractivity contribution in [2.75, 3.05) is 13.7 Å². The van der Waals surface area contributed by atoms with E-state index in [9.17, 15) is 9.59 Å². The standard InChI is InChI=1S/C20H23ClN2O4/c1-12(2)11-27-18-15(21)9-14(10-16(18)26-3)20(25)23-17(19(22)24)13-7-5-4-6-8-13/h4-10,12,17H,11H2,1-3H3,(H2,22,24)(H,23,25). The van der Waals surface area contributed by atoms with Crippen LogP contribution in [-0.4, -0.2) is 25.5 Å². The molecular weight excluding hydrogens is 368 g/mol. The number of rotatable bonds is 8. The SMILES string of the molecule is COc1cc(C(=O)NC(C(N)=O)c2ccccc2)cc(Cl)c1OCC(C)C. The maximum absolute atomic E-state index is 12.7. The molecule has 0 radical (unpaired) electrons. The lowest BCUT2D eigenvalue weighted by Gasteiger charge is -2.18. The number of amides is 2. The molecule has 0 aromatic heterocycles. The second-order valence-electron chi connectivity index (χ2n) is 6.41. The van der Waals surface area contributed by atoms with Gasteiger partial charge in [0.2, 0.25) is 5.91 Å². The van der Waals surface area contributed by atoms with Crippen LogP contribution in [0, 0.1) is 5.92 Å². The smallest absolute Gasteiger partial charge is 0.252 e. The van der Waals surface area contributed by atoms with Gasteiger partial charge in [-0.3, -0.25) is 9.59 Å². The van der Waals surface area contributed by atoms with Crippen LogP contribution in [0.15, 0.2) is 42.5 Å². The second-order valence-corrected chi connectivity index (χ2v) is 6.82. The van der Waals surface area contributed by atoms with E-state index in [0.717, 1.165) is 0 Å². The van der Waals surface area contributed by atoms with Crippen LogP contribution in [0.25, 0.3) is 0 Å². The van der Waals surface area contributed by atoms with Crippen LogP contribution in [0.3, 0.4) is 0 Å². The van der Waals surface area contributed by atoms with E-state index in [1.54, 1.807) is 24.3 Å². The predicted molar refractivity (Wildman–Crippen MR) is 104 cm³/mol. The number of carbonyl (C=O) groups is 2. The van der Waals surface area contributed by atoms with Crippen molar-refractivity contribution in [2.45, 2.75) is 19.9 Å². The largest absolute Gasteiger partial charge is 0.493 e. The van der Waals surface area contributed by atoms with E-state index < -0.39 is 17.9 Å². The number of carbonyl (C=O) groups excluding carboxylic acids is 2. The van der Waals surface area contributed by atoms with E-state index in [1.807, 2.05) is 19.9 Å². The van der Waals surface area contributed by atoms with Gasteiger partial charge in [0.1, 0.15) is 6.04 Å². The summed E-state index contributed by atoms with van der Waals surface area (Å²) in [4.78, 5) is 24.5. The summed E-state index contributed by atoms with van der Waals surface area (Å²) >= 11 is 6.28. The second kappa shape index (κ2) is 9.28. The Kier molecular flexibility index (Phi) is 7.07. The van der Waals surface area contributed by atoms with Crippen LogP contribution < -0.4 is 20.5 Å². The zero-order chi connectivity index (χ0) is 20.0. The molecule has 0 saturated carbocycles. The number of primary amides is 1. The van der Waals surface area contributed by atoms with E-state index in [-0.39, 0.29) is 10.6 Å². The monoisotopic (exact) mass is 390 g/mol. The molecule has 0 saturated heterocycles. The van der Waals surface area contributed by atoms with E-state index in [4.69, 9.17) is 26.8 Å². The van der Waals surface area contributed by atoms with Gasteiger partial charge in [0, 0.05) is 5.56 Å². The zero-order valence-corrected chi connectivity index (χ0v) is 16.2. The van der Waals surface area contributed by atoms with Gasteiger partial charge in [-0.25, -0.2) is 0 Å². The molecule has 0 spiro atoms. The number of methoxy groups -OCH3 is 1. The van der Waals surface area contributed by atoms with Gasteiger partial charge in [0.25, 0.3) is 5.91 Å². The first-order valence-corrected chi connectivity index (χ1v) is 8.86. The maximum atomic E-state index is 12.7. The molecule has 3 N–H and O–H groups in total. The molecule has 0 aliphatic heterocycles. The molecule has 6 nitrogen and oxygen atoms in total. The van der Waals surface area contributed by atoms with Gasteiger partial charge in [0.15, 0.2) is 11.5 Å². The molecule has 1 atom stereocenters. The third-order valence-corrected chi connectivity index (χ3v) is 4.03. The van der Waals surface area contributed by atoms with E-state index in [0.29, 0.717) is 29.6 Å². The lowest BCUT2D eigenvalue weighted by Crippen LogP contribution is -2.37. The summed E-state index contributed by atoms with van der Waals surface area (Å²) in [6.07, 6.45) is 0. The number of benzene rings is 2. The van der Waals surface area contributed by atoms with Gasteiger partial charge in [-0.2, -0.15) is 0 Å². The summed E-state index contributed by atoms with van der Waals surface area (Å²) in [6.45, 7) is 4.48. The fraction of sp³-hybridized carbons (Fsp3) is 0.300. The number of halogens is 1. The highest BCUT2D eigenvalue weighted by Crippen LogP contribution is 2.36. The first kappa shape index (κ1) is 20.6. The normalized spacial score (nSPS) is 11.7. The van der Waals surface area contributed by atoms with Gasteiger partial charge in [0.05, 0.1) is 18.7 Å². The molecular formula is C20H23ClN2O4. The molecule has 2 aromatic rings. The van der Waals surface area contributed by atoms with Crippen molar-refractivity contribution < 1.29 is 19.1 Å². The van der Waals surface area contributed by atoms with Crippen LogP contribution in [0.5, 0.6) is 11.5 Å². The zero-order valence-electron chi connectivity index (χ0n) is 15.5. The van der Waals surface area contributed by atoms with Gasteiger partial charge < -0.3 is 20.5 Å². The van der Waals surface area contributed by atoms with Gasteiger partial charge in [-0.05, 0) is 23.6 Å². The molecule has 1 unspecified atom stereocenters. The van der Waals surface area contributed by atoms with Crippen molar-refractivity contribution in [3.05, 3.63) is 58.6 Å². The Hall–Kier alpha value is -2.73. The first-order valence-electron chi connectivity index (χ1n) is 8.49. The van der Waals surface area contributed by atoms with Crippen molar-refractivity contribution in [3.63, 3.8) is 0 Å². The van der Waals surface area contributed by atoms with Crippen molar-refractivity contribution >= 4 is 23.4 Å². The Morgan fingerprint density at radius 1 is 1.19 bits per heavy atom. The van der Waals surface area contributed by atoms with Crippen LogP contribution in [0.4, 0.5) is 0 Å². The molecule has 0 aliphatic rings. The third-order valence-electron chi connectivity index (χ3n) is 3.75. The molecule has 27 heavy (non-hydrogen) atoms. The average Bonchev–Trinajstić information content (AvgIpc) is 2.64. The Morgan fingerprint density at radius 3 is 2.41 bits per heavy atom. The number of hydrogen-bond donors (Lipinski definition) is 2. The van der Waals surface area contributed by atoms with Crippen molar-refractivity contribution in [2.24, 2.45) is 11.7 Å². The van der Waals surface area contributed by atoms with E-state index in [2.05, 4.69) is 5.32 Å². The lowest BCUT2D eigenvalue weighted by molar-refractivity contribution is -0.120. The minimum atomic E-state index is -0.958. The van der Waals surface area contributed by atoms with Crippen molar-refractivity contribution in [1.82, 2.24) is 5.32 Å². The highest BCUT2D eigenvalue weighted by Gasteiger charge is 2.23. The van der Waals surface area contributed by atoms with Crippen LogP contribution in [0.2, 0.25) is 5.02 Å². The maximum Gasteiger partial charge on any atom is 0.252 e. The molecule has 0 fully saturated rings. The molecule has 7 heteroatoms. The van der Waals surface area contributed by atoms with E-state index >= 15 is 0 Å². The summed E-state index contributed by atoms with van der Waals surface area (Å²) in [5.41, 5.74) is 6.27. The van der Waals surface area contributed by atoms with Crippen LogP contribution in [0.1, 0.15) is 35.8 Å². The van der Waals surface area contributed by atoms with Gasteiger partial charge >= 0.3 is 0 Å². The minimum absolute atomic E-state index is 0.232. The van der Waals surface area contributed by atoms with Crippen LogP contribution >= 0.6 is 11.6 Å². The molecule has 0 heterocycles. The van der Waals surface area contributed by atoms with Gasteiger partial charge in [-0.15, -0.1) is 0 Å². The lowest BCUT2D eigenvalue weighted by atomic mass is 10.1. The number of ether oxygens (including phenoxy) is 2. The fourth-order valence-corrected chi connectivity index (χ4v) is 2.68. The first-order chi connectivity index (χ1) is 12.8. The average molecular weight is 391 g/mol. The molecule has 0 bridgehead atoms. The number of nitrogens with one attached hydrogen (secondary N) is 1. The van der Waals surface area contributed by atoms with E-state index in [1.165, 1.54) is 19.2 Å². The summed E-state index contributed by atoms with van der Waals surface area (Å²) in [5.74, 6) is -0.152. The third kappa shape index (κ3) is 5.37. The van der Waals surface area contributed by atoms with Gasteiger partial charge in [-0.1, -0.05) is 55.8 Å². The quantitative estimate of drug-likeness (QED) is 0.723. The fourth-order valence-electron chi connectivity index (χ4n) is 2.42. The topological polar surface area (TPSA) is 90.6 Å². The Bertz CT molecular complexity index is 809. The molecule has 2 amide bonds. The minimum Gasteiger partial charge on any atom is -0.493 e. The molecule has 0 aliphatic carbocycles. The number of hydrogen-bond acceptors (Lipinski definition) is 4. The summed E-state index contributed by atoms with van der Waals surface area (Å²) in [6, 6.07) is 10.8. The Labute approximate surface area is 163 Å². The highest BCUT2D eigenvalue weighted by atomic mass is 35.5. The summed E-state index contributed by atoms with van der Waals surface area (Å²) < 4.78 is 11.0. The molecule has 2 rings (SSSR count). The van der Waals surface area contributed by atoms with Crippen molar-refractivity contribution in [1.29, 1.82) is 0 Å². The predicted octanol–water partition coefficient (Wildman–Crippen LogP) is 3.34. The molecule has 2 aromatic carbocycles. The van der Waals surface area contributed by atoms with Crippen molar-refractivity contribution in [3.8, 4) is 11.5 Å². The highest BCUT2D eigenvalue weighted by molar-refractivity contribution is 6.32. The number of nitrogens with two attached hydrogens (primary N) is 1. The van der Waals surface area contributed by atoms with Crippen LogP contribution in [-0.2, 0) is 4.79 Å².